The highest BCUT2D eigenvalue weighted by Gasteiger charge is 2.22. The van der Waals surface area contributed by atoms with Crippen LogP contribution in [0.2, 0.25) is 0 Å². The van der Waals surface area contributed by atoms with Gasteiger partial charge in [-0.05, 0) is 19.1 Å². The van der Waals surface area contributed by atoms with E-state index in [0.29, 0.717) is 5.76 Å². The molecule has 0 unspecified atom stereocenters. The third-order valence-electron chi connectivity index (χ3n) is 1.83. The number of aromatic nitrogens is 1. The minimum Gasteiger partial charge on any atom is -0.477 e. The van der Waals surface area contributed by atoms with Crippen LogP contribution in [0.25, 0.3) is 11.5 Å². The number of aryl methyl sites for hydroxylation is 1. The Balaban J connectivity index is 2.60. The van der Waals surface area contributed by atoms with Crippen LogP contribution >= 0.6 is 0 Å². The van der Waals surface area contributed by atoms with Gasteiger partial charge in [0.1, 0.15) is 11.3 Å². The predicted octanol–water partition coefficient (Wildman–Crippen LogP) is 1.94. The van der Waals surface area contributed by atoms with Gasteiger partial charge >= 0.3 is 5.97 Å². The van der Waals surface area contributed by atoms with Gasteiger partial charge in [-0.3, -0.25) is 0 Å². The van der Waals surface area contributed by atoms with E-state index in [1.165, 1.54) is 6.26 Å². The van der Waals surface area contributed by atoms with E-state index in [0.717, 1.165) is 0 Å². The summed E-state index contributed by atoms with van der Waals surface area (Å²) in [6.07, 6.45) is 1.45. The number of carbonyl (C=O) groups is 1. The summed E-state index contributed by atoms with van der Waals surface area (Å²) in [6, 6.07) is 3.29. The average Bonchev–Trinajstić information content (AvgIpc) is 2.70. The maximum Gasteiger partial charge on any atom is 0.341 e. The van der Waals surface area contributed by atoms with Crippen molar-refractivity contribution in [3.63, 3.8) is 0 Å². The lowest BCUT2D eigenvalue weighted by molar-refractivity contribution is 0.0695. The quantitative estimate of drug-likeness (QED) is 0.788. The number of carboxylic acid groups (broad SMARTS) is 1. The van der Waals surface area contributed by atoms with Crippen LogP contribution in [0.1, 0.15) is 16.1 Å². The van der Waals surface area contributed by atoms with E-state index >= 15 is 0 Å². The molecule has 0 fully saturated rings. The molecule has 1 N–H and O–H groups in total. The number of hydrogen-bond acceptors (Lipinski definition) is 4. The van der Waals surface area contributed by atoms with Crippen molar-refractivity contribution in [2.24, 2.45) is 0 Å². The van der Waals surface area contributed by atoms with Crippen LogP contribution < -0.4 is 0 Å². The lowest BCUT2D eigenvalue weighted by Crippen LogP contribution is -1.98. The SMILES string of the molecule is Cc1onc(-c2ccco2)c1C(=O)O. The summed E-state index contributed by atoms with van der Waals surface area (Å²) in [5.41, 5.74) is 0.264. The Kier molecular flexibility index (Phi) is 1.85. The first-order chi connectivity index (χ1) is 6.70. The largest absolute Gasteiger partial charge is 0.477 e. The summed E-state index contributed by atoms with van der Waals surface area (Å²) in [5.74, 6) is -0.418. The monoisotopic (exact) mass is 193 g/mol. The second kappa shape index (κ2) is 3.02. The van der Waals surface area contributed by atoms with Gasteiger partial charge in [0.05, 0.1) is 6.26 Å². The molecule has 2 rings (SSSR count). The third-order valence-corrected chi connectivity index (χ3v) is 1.83. The molecule has 2 aromatic rings. The van der Waals surface area contributed by atoms with Crippen LogP contribution in [0.3, 0.4) is 0 Å². The zero-order valence-electron chi connectivity index (χ0n) is 7.35. The van der Waals surface area contributed by atoms with Crippen LogP contribution in [-0.4, -0.2) is 16.2 Å². The number of furan rings is 1. The Morgan fingerprint density at radius 2 is 2.36 bits per heavy atom. The molecule has 0 aromatic carbocycles. The first-order valence-electron chi connectivity index (χ1n) is 3.93. The molecule has 0 aliphatic rings. The molecule has 14 heavy (non-hydrogen) atoms. The Labute approximate surface area is 78.9 Å². The topological polar surface area (TPSA) is 76.5 Å². The predicted molar refractivity (Wildman–Crippen MR) is 45.9 cm³/mol. The lowest BCUT2D eigenvalue weighted by Gasteiger charge is -1.91. The summed E-state index contributed by atoms with van der Waals surface area (Å²) in [6.45, 7) is 1.54. The molecule has 0 bridgehead atoms. The molecule has 0 amide bonds. The number of hydrogen-bond donors (Lipinski definition) is 1. The molecule has 0 saturated carbocycles. The molecule has 5 nitrogen and oxygen atoms in total. The zero-order valence-corrected chi connectivity index (χ0v) is 7.35. The Morgan fingerprint density at radius 1 is 1.57 bits per heavy atom. The molecule has 5 heteroatoms. The Hall–Kier alpha value is -2.04. The van der Waals surface area contributed by atoms with Crippen LogP contribution in [0.5, 0.6) is 0 Å². The fourth-order valence-electron chi connectivity index (χ4n) is 1.21. The maximum absolute atomic E-state index is 10.9. The highest BCUT2D eigenvalue weighted by Crippen LogP contribution is 2.25. The molecular weight excluding hydrogens is 186 g/mol. The van der Waals surface area contributed by atoms with Crippen molar-refractivity contribution in [2.45, 2.75) is 6.92 Å². The molecule has 0 spiro atoms. The van der Waals surface area contributed by atoms with Gasteiger partial charge in [0, 0.05) is 0 Å². The smallest absolute Gasteiger partial charge is 0.341 e. The van der Waals surface area contributed by atoms with Gasteiger partial charge in [-0.15, -0.1) is 0 Å². The van der Waals surface area contributed by atoms with E-state index in [1.54, 1.807) is 19.1 Å². The molecule has 2 aromatic heterocycles. The lowest BCUT2D eigenvalue weighted by atomic mass is 10.1. The third kappa shape index (κ3) is 1.19. The van der Waals surface area contributed by atoms with E-state index < -0.39 is 5.97 Å². The van der Waals surface area contributed by atoms with E-state index in [2.05, 4.69) is 5.16 Å². The molecule has 2 heterocycles. The van der Waals surface area contributed by atoms with Gasteiger partial charge in [0.25, 0.3) is 0 Å². The number of carboxylic acids is 1. The zero-order chi connectivity index (χ0) is 10.1. The molecule has 72 valence electrons. The molecule has 0 atom stereocenters. The molecular formula is C9H7NO4. The highest BCUT2D eigenvalue weighted by molar-refractivity contribution is 5.94. The van der Waals surface area contributed by atoms with Gasteiger partial charge in [-0.1, -0.05) is 5.16 Å². The van der Waals surface area contributed by atoms with Crippen molar-refractivity contribution >= 4 is 5.97 Å². The Morgan fingerprint density at radius 3 is 2.93 bits per heavy atom. The first-order valence-corrected chi connectivity index (χ1v) is 3.93. The first kappa shape index (κ1) is 8.55. The van der Waals surface area contributed by atoms with Gasteiger partial charge in [0.2, 0.25) is 0 Å². The number of rotatable bonds is 2. The standard InChI is InChI=1S/C9H7NO4/c1-5-7(9(11)12)8(10-14-5)6-3-2-4-13-6/h2-4H,1H3,(H,11,12). The van der Waals surface area contributed by atoms with Crippen LogP contribution in [0, 0.1) is 6.92 Å². The van der Waals surface area contributed by atoms with E-state index in [9.17, 15) is 4.79 Å². The number of nitrogens with zero attached hydrogens (tertiary/aromatic N) is 1. The summed E-state index contributed by atoms with van der Waals surface area (Å²) < 4.78 is 9.83. The van der Waals surface area contributed by atoms with Gasteiger partial charge in [-0.2, -0.15) is 0 Å². The van der Waals surface area contributed by atoms with E-state index in [1.807, 2.05) is 0 Å². The molecule has 0 aliphatic carbocycles. The van der Waals surface area contributed by atoms with Crippen molar-refractivity contribution in [1.82, 2.24) is 5.16 Å². The van der Waals surface area contributed by atoms with Crippen LogP contribution in [0.4, 0.5) is 0 Å². The highest BCUT2D eigenvalue weighted by atomic mass is 16.5. The molecule has 0 radical (unpaired) electrons. The molecule has 0 aliphatic heterocycles. The molecule has 0 saturated heterocycles. The van der Waals surface area contributed by atoms with Crippen LogP contribution in [-0.2, 0) is 0 Å². The fraction of sp³-hybridized carbons (Fsp3) is 0.111. The minimum absolute atomic E-state index is 0.0416. The summed E-state index contributed by atoms with van der Waals surface area (Å²) >= 11 is 0. The summed E-state index contributed by atoms with van der Waals surface area (Å²) in [7, 11) is 0. The van der Waals surface area contributed by atoms with Gasteiger partial charge in [0.15, 0.2) is 11.5 Å². The van der Waals surface area contributed by atoms with Crippen molar-refractivity contribution < 1.29 is 18.8 Å². The average molecular weight is 193 g/mol. The second-order valence-electron chi connectivity index (χ2n) is 2.74. The van der Waals surface area contributed by atoms with E-state index in [4.69, 9.17) is 14.0 Å². The minimum atomic E-state index is -1.07. The summed E-state index contributed by atoms with van der Waals surface area (Å²) in [4.78, 5) is 10.9. The van der Waals surface area contributed by atoms with Gasteiger partial charge < -0.3 is 14.0 Å². The Bertz CT molecular complexity index is 455. The van der Waals surface area contributed by atoms with E-state index in [-0.39, 0.29) is 17.0 Å². The van der Waals surface area contributed by atoms with Crippen molar-refractivity contribution in [2.75, 3.05) is 0 Å². The number of aromatic carboxylic acids is 1. The second-order valence-corrected chi connectivity index (χ2v) is 2.74. The fourth-order valence-corrected chi connectivity index (χ4v) is 1.21. The maximum atomic E-state index is 10.9. The van der Waals surface area contributed by atoms with Crippen molar-refractivity contribution in [1.29, 1.82) is 0 Å². The van der Waals surface area contributed by atoms with Crippen molar-refractivity contribution in [3.8, 4) is 11.5 Å². The van der Waals surface area contributed by atoms with Gasteiger partial charge in [-0.25, -0.2) is 4.79 Å². The summed E-state index contributed by atoms with van der Waals surface area (Å²) in [5, 5.41) is 12.5. The van der Waals surface area contributed by atoms with Crippen LogP contribution in [0.15, 0.2) is 27.3 Å². The normalized spacial score (nSPS) is 10.4. The van der Waals surface area contributed by atoms with Crippen molar-refractivity contribution in [3.05, 3.63) is 29.7 Å².